The quantitative estimate of drug-likeness (QED) is 0.747. The van der Waals surface area contributed by atoms with Gasteiger partial charge in [0.15, 0.2) is 11.5 Å². The summed E-state index contributed by atoms with van der Waals surface area (Å²) in [5, 5.41) is 6.63. The summed E-state index contributed by atoms with van der Waals surface area (Å²) in [7, 11) is 0. The number of aromatic nitrogens is 1. The normalized spacial score (nSPS) is 15.4. The van der Waals surface area contributed by atoms with E-state index in [1.54, 1.807) is 18.2 Å². The summed E-state index contributed by atoms with van der Waals surface area (Å²) in [6, 6.07) is 8.69. The Morgan fingerprint density at radius 3 is 3.00 bits per heavy atom. The van der Waals surface area contributed by atoms with Crippen LogP contribution in [0, 0.1) is 0 Å². The van der Waals surface area contributed by atoms with Crippen molar-refractivity contribution in [3.05, 3.63) is 47.9 Å². The van der Waals surface area contributed by atoms with Crippen LogP contribution in [0.2, 0.25) is 0 Å². The number of hydrogen-bond acceptors (Lipinski definition) is 6. The molecule has 0 spiro atoms. The molecule has 0 radical (unpaired) electrons. The van der Waals surface area contributed by atoms with Gasteiger partial charge in [-0.3, -0.25) is 4.79 Å². The molecule has 7 heteroatoms. The molecule has 0 fully saturated rings. The van der Waals surface area contributed by atoms with Gasteiger partial charge in [0, 0.05) is 24.1 Å². The van der Waals surface area contributed by atoms with Crippen molar-refractivity contribution in [3.63, 3.8) is 0 Å². The van der Waals surface area contributed by atoms with E-state index in [2.05, 4.69) is 10.5 Å². The maximum absolute atomic E-state index is 12.6. The molecule has 7 nitrogen and oxygen atoms in total. The first-order valence-corrected chi connectivity index (χ1v) is 8.42. The van der Waals surface area contributed by atoms with Crippen molar-refractivity contribution in [2.24, 2.45) is 0 Å². The fourth-order valence-electron chi connectivity index (χ4n) is 2.92. The molecule has 0 bridgehead atoms. The van der Waals surface area contributed by atoms with E-state index < -0.39 is 5.91 Å². The van der Waals surface area contributed by atoms with Crippen LogP contribution in [0.5, 0.6) is 11.5 Å². The van der Waals surface area contributed by atoms with Crippen molar-refractivity contribution >= 4 is 11.6 Å². The van der Waals surface area contributed by atoms with Crippen molar-refractivity contribution in [3.8, 4) is 23.0 Å². The Labute approximate surface area is 149 Å². The Hall–Kier alpha value is -3.22. The maximum atomic E-state index is 12.6. The van der Waals surface area contributed by atoms with Crippen LogP contribution in [0.15, 0.2) is 45.5 Å². The molecule has 1 N–H and O–H groups in total. The second-order valence-corrected chi connectivity index (χ2v) is 6.03. The fraction of sp³-hybridized carbons (Fsp3) is 0.263. The van der Waals surface area contributed by atoms with Crippen molar-refractivity contribution in [1.82, 2.24) is 5.16 Å². The van der Waals surface area contributed by atoms with E-state index in [0.29, 0.717) is 29.6 Å². The highest BCUT2D eigenvalue weighted by Gasteiger charge is 2.23. The highest BCUT2D eigenvalue weighted by molar-refractivity contribution is 6.04. The zero-order chi connectivity index (χ0) is 18.1. The lowest BCUT2D eigenvalue weighted by molar-refractivity contribution is 0.101. The van der Waals surface area contributed by atoms with Gasteiger partial charge in [-0.1, -0.05) is 5.16 Å². The fourth-order valence-corrected chi connectivity index (χ4v) is 2.92. The van der Waals surface area contributed by atoms with Gasteiger partial charge in [0.1, 0.15) is 17.6 Å². The molecule has 1 aliphatic heterocycles. The lowest BCUT2D eigenvalue weighted by Crippen LogP contribution is -2.13. The van der Waals surface area contributed by atoms with Crippen LogP contribution in [0.25, 0.3) is 11.5 Å². The Morgan fingerprint density at radius 1 is 1.35 bits per heavy atom. The zero-order valence-electron chi connectivity index (χ0n) is 14.4. The van der Waals surface area contributed by atoms with E-state index in [4.69, 9.17) is 18.4 Å². The predicted molar refractivity (Wildman–Crippen MR) is 93.6 cm³/mol. The van der Waals surface area contributed by atoms with Crippen molar-refractivity contribution in [2.75, 3.05) is 11.9 Å². The third-order valence-electron chi connectivity index (χ3n) is 4.05. The summed E-state index contributed by atoms with van der Waals surface area (Å²) in [4.78, 5) is 12.6. The van der Waals surface area contributed by atoms with E-state index in [1.807, 2.05) is 19.9 Å². The molecule has 2 aromatic heterocycles. The number of ether oxygens (including phenoxy) is 2. The summed E-state index contributed by atoms with van der Waals surface area (Å²) >= 11 is 0. The number of nitrogens with one attached hydrogen (secondary N) is 1. The van der Waals surface area contributed by atoms with E-state index in [-0.39, 0.29) is 11.8 Å². The second-order valence-electron chi connectivity index (χ2n) is 6.03. The topological polar surface area (TPSA) is 86.7 Å². The Balaban J connectivity index is 1.58. The summed E-state index contributed by atoms with van der Waals surface area (Å²) < 4.78 is 21.9. The van der Waals surface area contributed by atoms with Crippen LogP contribution in [0.4, 0.5) is 5.69 Å². The van der Waals surface area contributed by atoms with Gasteiger partial charge in [-0.15, -0.1) is 0 Å². The lowest BCUT2D eigenvalue weighted by atomic mass is 10.1. The number of hydrogen-bond donors (Lipinski definition) is 1. The first-order valence-electron chi connectivity index (χ1n) is 8.42. The molecule has 0 aliphatic carbocycles. The summed E-state index contributed by atoms with van der Waals surface area (Å²) in [5.41, 5.74) is 1.75. The van der Waals surface area contributed by atoms with Gasteiger partial charge in [0.25, 0.3) is 5.91 Å². The molecule has 134 valence electrons. The summed E-state index contributed by atoms with van der Waals surface area (Å²) in [5.74, 6) is 1.85. The first-order chi connectivity index (χ1) is 12.6. The first kappa shape index (κ1) is 16.3. The van der Waals surface area contributed by atoms with Gasteiger partial charge in [0.2, 0.25) is 5.76 Å². The number of carbonyl (C=O) groups is 1. The zero-order valence-corrected chi connectivity index (χ0v) is 14.4. The summed E-state index contributed by atoms with van der Waals surface area (Å²) in [6.45, 7) is 4.39. The van der Waals surface area contributed by atoms with Crippen LogP contribution in [0.1, 0.15) is 29.9 Å². The number of rotatable bonds is 5. The minimum absolute atomic E-state index is 0.108. The number of anilines is 1. The monoisotopic (exact) mass is 354 g/mol. The molecule has 1 atom stereocenters. The molecule has 3 aromatic rings. The second kappa shape index (κ2) is 6.59. The smallest absolute Gasteiger partial charge is 0.277 e. The average molecular weight is 354 g/mol. The average Bonchev–Trinajstić information content (AvgIpc) is 3.34. The Bertz CT molecular complexity index is 930. The van der Waals surface area contributed by atoms with Gasteiger partial charge >= 0.3 is 0 Å². The number of fused-ring (bicyclic) bond motifs is 1. The Morgan fingerprint density at radius 2 is 2.23 bits per heavy atom. The van der Waals surface area contributed by atoms with Crippen LogP contribution in [-0.4, -0.2) is 23.8 Å². The number of nitrogens with zero attached hydrogens (tertiary/aromatic N) is 1. The maximum Gasteiger partial charge on any atom is 0.277 e. The third kappa shape index (κ3) is 3.03. The van der Waals surface area contributed by atoms with Crippen molar-refractivity contribution < 1.29 is 23.2 Å². The van der Waals surface area contributed by atoms with Crippen LogP contribution in [-0.2, 0) is 6.42 Å². The van der Waals surface area contributed by atoms with Crippen molar-refractivity contribution in [1.29, 1.82) is 0 Å². The SMILES string of the molecule is CCOc1cc2c(cc1NC(=O)c1cc(-c3ccco3)on1)OC(C)C2. The molecule has 4 rings (SSSR count). The molecule has 1 amide bonds. The van der Waals surface area contributed by atoms with E-state index in [9.17, 15) is 4.79 Å². The van der Waals surface area contributed by atoms with Gasteiger partial charge in [-0.25, -0.2) is 0 Å². The number of furan rings is 1. The van der Waals surface area contributed by atoms with Crippen LogP contribution >= 0.6 is 0 Å². The molecular formula is C19H18N2O5. The molecule has 0 saturated carbocycles. The standard InChI is InChI=1S/C19H18N2O5/c1-3-23-17-8-12-7-11(2)25-16(12)9-13(17)20-19(22)14-10-18(26-21-14)15-5-4-6-24-15/h4-6,8-11H,3,7H2,1-2H3,(H,20,22). The molecule has 1 unspecified atom stereocenters. The van der Waals surface area contributed by atoms with E-state index in [0.717, 1.165) is 17.7 Å². The van der Waals surface area contributed by atoms with Gasteiger partial charge < -0.3 is 23.7 Å². The molecule has 3 heterocycles. The lowest BCUT2D eigenvalue weighted by Gasteiger charge is -2.12. The molecular weight excluding hydrogens is 336 g/mol. The highest BCUT2D eigenvalue weighted by atomic mass is 16.5. The predicted octanol–water partition coefficient (Wildman–Crippen LogP) is 3.91. The van der Waals surface area contributed by atoms with Gasteiger partial charge in [-0.05, 0) is 32.0 Å². The van der Waals surface area contributed by atoms with Crippen molar-refractivity contribution in [2.45, 2.75) is 26.4 Å². The molecule has 1 aliphatic rings. The molecule has 0 saturated heterocycles. The molecule has 26 heavy (non-hydrogen) atoms. The van der Waals surface area contributed by atoms with Gasteiger partial charge in [-0.2, -0.15) is 0 Å². The van der Waals surface area contributed by atoms with E-state index in [1.165, 1.54) is 12.3 Å². The van der Waals surface area contributed by atoms with E-state index >= 15 is 0 Å². The van der Waals surface area contributed by atoms with Crippen LogP contribution < -0.4 is 14.8 Å². The third-order valence-corrected chi connectivity index (χ3v) is 4.05. The largest absolute Gasteiger partial charge is 0.492 e. The highest BCUT2D eigenvalue weighted by Crippen LogP contribution is 2.38. The minimum atomic E-state index is -0.404. The number of amides is 1. The Kier molecular flexibility index (Phi) is 4.12. The molecule has 1 aromatic carbocycles. The van der Waals surface area contributed by atoms with Gasteiger partial charge in [0.05, 0.1) is 18.6 Å². The summed E-state index contributed by atoms with van der Waals surface area (Å²) in [6.07, 6.45) is 2.45. The minimum Gasteiger partial charge on any atom is -0.492 e. The number of carbonyl (C=O) groups excluding carboxylic acids is 1. The van der Waals surface area contributed by atoms with Crippen LogP contribution in [0.3, 0.4) is 0 Å². The number of benzene rings is 1.